The van der Waals surface area contributed by atoms with E-state index in [-0.39, 0.29) is 21.9 Å². The van der Waals surface area contributed by atoms with Gasteiger partial charge >= 0.3 is 0 Å². The van der Waals surface area contributed by atoms with Crippen LogP contribution in [0.15, 0.2) is 29.2 Å². The number of carbonyl (C=O) groups excluding carboxylic acids is 1. The number of hydrogen-bond acceptors (Lipinski definition) is 3. The highest BCUT2D eigenvalue weighted by Gasteiger charge is 2.27. The highest BCUT2D eigenvalue weighted by molar-refractivity contribution is 7.89. The van der Waals surface area contributed by atoms with Gasteiger partial charge in [-0.3, -0.25) is 4.79 Å². The molecule has 1 fully saturated rings. The Bertz CT molecular complexity index is 676. The molecule has 24 heavy (non-hydrogen) atoms. The third kappa shape index (κ3) is 5.19. The molecule has 0 aromatic heterocycles. The lowest BCUT2D eigenvalue weighted by Crippen LogP contribution is -2.36. The molecule has 1 saturated heterocycles. The maximum atomic E-state index is 12.5. The highest BCUT2D eigenvalue weighted by atomic mass is 35.5. The third-order valence-corrected chi connectivity index (χ3v) is 6.25. The summed E-state index contributed by atoms with van der Waals surface area (Å²) in [6.45, 7) is 5.58. The fraction of sp³-hybridized carbons (Fsp3) is 0.588. The molecule has 1 aromatic carbocycles. The molecule has 134 valence electrons. The number of halogens is 1. The molecule has 1 aliphatic rings. The Morgan fingerprint density at radius 3 is 2.67 bits per heavy atom. The number of likely N-dealkylation sites (tertiary alicyclic amines) is 1. The fourth-order valence-corrected chi connectivity index (χ4v) is 4.57. The summed E-state index contributed by atoms with van der Waals surface area (Å²) in [4.78, 5) is 14.1. The average molecular weight is 373 g/mol. The van der Waals surface area contributed by atoms with Crippen molar-refractivity contribution in [2.24, 2.45) is 5.92 Å². The van der Waals surface area contributed by atoms with Gasteiger partial charge in [-0.05, 0) is 37.3 Å². The lowest BCUT2D eigenvalue weighted by atomic mass is 10.1. The van der Waals surface area contributed by atoms with Crippen molar-refractivity contribution < 1.29 is 13.2 Å². The van der Waals surface area contributed by atoms with Crippen molar-refractivity contribution in [3.8, 4) is 0 Å². The van der Waals surface area contributed by atoms with Crippen LogP contribution in [-0.4, -0.2) is 38.4 Å². The van der Waals surface area contributed by atoms with Gasteiger partial charge in [-0.1, -0.05) is 37.6 Å². The maximum Gasteiger partial charge on any atom is 0.242 e. The van der Waals surface area contributed by atoms with E-state index in [0.717, 1.165) is 13.0 Å². The Balaban J connectivity index is 2.01. The van der Waals surface area contributed by atoms with Crippen LogP contribution in [0.25, 0.3) is 0 Å². The number of nitrogens with one attached hydrogen (secondary N) is 1. The number of carbonyl (C=O) groups is 1. The van der Waals surface area contributed by atoms with Crippen LogP contribution in [0.1, 0.15) is 39.5 Å². The van der Waals surface area contributed by atoms with E-state index in [9.17, 15) is 13.2 Å². The largest absolute Gasteiger partial charge is 0.343 e. The van der Waals surface area contributed by atoms with E-state index in [1.54, 1.807) is 18.2 Å². The van der Waals surface area contributed by atoms with Crippen molar-refractivity contribution in [3.05, 3.63) is 29.3 Å². The van der Waals surface area contributed by atoms with Crippen LogP contribution in [0.2, 0.25) is 5.02 Å². The summed E-state index contributed by atoms with van der Waals surface area (Å²) in [5.41, 5.74) is 0. The Labute approximate surface area is 149 Å². The number of sulfonamides is 1. The Hall–Kier alpha value is -1.11. The first-order valence-electron chi connectivity index (χ1n) is 8.34. The van der Waals surface area contributed by atoms with E-state index in [1.165, 1.54) is 6.07 Å². The second kappa shape index (κ2) is 8.32. The van der Waals surface area contributed by atoms with Gasteiger partial charge in [0.25, 0.3) is 0 Å². The molecule has 0 saturated carbocycles. The Kier molecular flexibility index (Phi) is 6.66. The number of rotatable bonds is 6. The zero-order chi connectivity index (χ0) is 17.7. The topological polar surface area (TPSA) is 66.5 Å². The van der Waals surface area contributed by atoms with E-state index in [1.807, 2.05) is 4.90 Å². The molecule has 7 heteroatoms. The smallest absolute Gasteiger partial charge is 0.242 e. The monoisotopic (exact) mass is 372 g/mol. The summed E-state index contributed by atoms with van der Waals surface area (Å²) >= 11 is 5.99. The number of hydrogen-bond donors (Lipinski definition) is 1. The molecule has 0 spiro atoms. The van der Waals surface area contributed by atoms with Gasteiger partial charge in [-0.25, -0.2) is 13.1 Å². The molecule has 1 aromatic rings. The van der Waals surface area contributed by atoms with Crippen LogP contribution in [0, 0.1) is 5.92 Å². The van der Waals surface area contributed by atoms with Gasteiger partial charge in [0.15, 0.2) is 0 Å². The van der Waals surface area contributed by atoms with E-state index in [4.69, 9.17) is 11.6 Å². The van der Waals surface area contributed by atoms with Gasteiger partial charge in [0.05, 0.1) is 5.02 Å². The van der Waals surface area contributed by atoms with Crippen molar-refractivity contribution in [1.82, 2.24) is 9.62 Å². The zero-order valence-electron chi connectivity index (χ0n) is 14.2. The van der Waals surface area contributed by atoms with Crippen LogP contribution in [0.5, 0.6) is 0 Å². The van der Waals surface area contributed by atoms with E-state index >= 15 is 0 Å². The molecule has 1 N–H and O–H groups in total. The molecular weight excluding hydrogens is 348 g/mol. The average Bonchev–Trinajstić information content (AvgIpc) is 2.67. The molecule has 0 aliphatic carbocycles. The first-order valence-corrected chi connectivity index (χ1v) is 10.2. The zero-order valence-corrected chi connectivity index (χ0v) is 15.7. The Morgan fingerprint density at radius 1 is 1.29 bits per heavy atom. The lowest BCUT2D eigenvalue weighted by molar-refractivity contribution is -0.130. The van der Waals surface area contributed by atoms with E-state index < -0.39 is 10.0 Å². The van der Waals surface area contributed by atoms with Gasteiger partial charge in [0.2, 0.25) is 15.9 Å². The van der Waals surface area contributed by atoms with Gasteiger partial charge < -0.3 is 4.90 Å². The second-order valence-electron chi connectivity index (χ2n) is 6.64. The second-order valence-corrected chi connectivity index (χ2v) is 8.73. The third-order valence-electron chi connectivity index (χ3n) is 4.23. The summed E-state index contributed by atoms with van der Waals surface area (Å²) in [6, 6.07) is 6.13. The molecule has 1 aliphatic heterocycles. The van der Waals surface area contributed by atoms with Crippen LogP contribution >= 0.6 is 11.6 Å². The first-order chi connectivity index (χ1) is 11.3. The van der Waals surface area contributed by atoms with Crippen LogP contribution < -0.4 is 4.72 Å². The minimum absolute atomic E-state index is 0.0823. The molecule has 1 atom stereocenters. The highest BCUT2D eigenvalue weighted by Crippen LogP contribution is 2.22. The summed E-state index contributed by atoms with van der Waals surface area (Å²) in [7, 11) is -3.68. The van der Waals surface area contributed by atoms with Crippen molar-refractivity contribution >= 4 is 27.5 Å². The molecular formula is C17H25ClN2O3S. The van der Waals surface area contributed by atoms with Crippen LogP contribution in [0.3, 0.4) is 0 Å². The number of benzene rings is 1. The standard InChI is InChI=1S/C17H25ClN2O3S/c1-13(2)9-11-20-12-10-14(7-8-17(20)21)19-24(22,23)16-6-4-3-5-15(16)18/h3-6,13-14,19H,7-12H2,1-2H3. The van der Waals surface area contributed by atoms with E-state index in [2.05, 4.69) is 18.6 Å². The molecule has 5 nitrogen and oxygen atoms in total. The summed E-state index contributed by atoms with van der Waals surface area (Å²) < 4.78 is 27.7. The first kappa shape index (κ1) is 19.2. The molecule has 2 rings (SSSR count). The Morgan fingerprint density at radius 2 is 2.00 bits per heavy atom. The molecule has 1 unspecified atom stereocenters. The van der Waals surface area contributed by atoms with Gasteiger partial charge in [-0.15, -0.1) is 0 Å². The van der Waals surface area contributed by atoms with Crippen LogP contribution in [-0.2, 0) is 14.8 Å². The van der Waals surface area contributed by atoms with E-state index in [0.29, 0.717) is 31.7 Å². The van der Waals surface area contributed by atoms with Gasteiger partial charge in [0, 0.05) is 25.6 Å². The van der Waals surface area contributed by atoms with Crippen molar-refractivity contribution in [2.45, 2.75) is 50.5 Å². The summed E-state index contributed by atoms with van der Waals surface area (Å²) in [5.74, 6) is 0.644. The summed E-state index contributed by atoms with van der Waals surface area (Å²) in [6.07, 6.45) is 2.46. The SMILES string of the molecule is CC(C)CCN1CCC(NS(=O)(=O)c2ccccc2Cl)CCC1=O. The molecule has 1 amide bonds. The van der Waals surface area contributed by atoms with Gasteiger partial charge in [0.1, 0.15) is 4.90 Å². The molecule has 0 radical (unpaired) electrons. The van der Waals surface area contributed by atoms with Gasteiger partial charge in [-0.2, -0.15) is 0 Å². The van der Waals surface area contributed by atoms with Crippen molar-refractivity contribution in [3.63, 3.8) is 0 Å². The minimum atomic E-state index is -3.68. The predicted molar refractivity (Wildman–Crippen MR) is 95.4 cm³/mol. The fourth-order valence-electron chi connectivity index (χ4n) is 2.75. The van der Waals surface area contributed by atoms with Crippen LogP contribution in [0.4, 0.5) is 0 Å². The minimum Gasteiger partial charge on any atom is -0.343 e. The summed E-state index contributed by atoms with van der Waals surface area (Å²) in [5, 5.41) is 0.202. The van der Waals surface area contributed by atoms with Crippen molar-refractivity contribution in [2.75, 3.05) is 13.1 Å². The molecule has 1 heterocycles. The normalized spacial score (nSPS) is 19.6. The number of amides is 1. The number of nitrogens with zero attached hydrogens (tertiary/aromatic N) is 1. The van der Waals surface area contributed by atoms with Crippen molar-refractivity contribution in [1.29, 1.82) is 0 Å². The molecule has 0 bridgehead atoms. The quantitative estimate of drug-likeness (QED) is 0.834. The maximum absolute atomic E-state index is 12.5. The predicted octanol–water partition coefficient (Wildman–Crippen LogP) is 3.05. The lowest BCUT2D eigenvalue weighted by Gasteiger charge is -2.22.